The molecular formula is C16H29N3O2. The highest BCUT2D eigenvalue weighted by atomic mass is 16.2. The number of carbonyl (C=O) groups excluding carboxylic acids is 2. The van der Waals surface area contributed by atoms with Gasteiger partial charge >= 0.3 is 6.03 Å². The van der Waals surface area contributed by atoms with Crippen molar-refractivity contribution in [2.75, 3.05) is 13.1 Å². The molecule has 2 saturated carbocycles. The normalized spacial score (nSPS) is 26.3. The molecule has 0 heterocycles. The minimum absolute atomic E-state index is 0.110. The van der Waals surface area contributed by atoms with Crippen LogP contribution in [-0.2, 0) is 4.79 Å². The van der Waals surface area contributed by atoms with Gasteiger partial charge < -0.3 is 16.0 Å². The van der Waals surface area contributed by atoms with E-state index in [1.54, 1.807) is 0 Å². The number of carbonyl (C=O) groups is 2. The molecule has 5 heteroatoms. The Morgan fingerprint density at radius 1 is 0.905 bits per heavy atom. The smallest absolute Gasteiger partial charge is 0.315 e. The molecule has 0 unspecified atom stereocenters. The first-order chi connectivity index (χ1) is 10.2. The van der Waals surface area contributed by atoms with Crippen LogP contribution < -0.4 is 16.0 Å². The average molecular weight is 295 g/mol. The van der Waals surface area contributed by atoms with Crippen molar-refractivity contribution in [1.29, 1.82) is 0 Å². The van der Waals surface area contributed by atoms with Crippen molar-refractivity contribution in [2.45, 2.75) is 64.3 Å². The predicted molar refractivity (Wildman–Crippen MR) is 82.9 cm³/mol. The van der Waals surface area contributed by atoms with E-state index in [1.807, 2.05) is 0 Å². The van der Waals surface area contributed by atoms with Crippen LogP contribution >= 0.6 is 0 Å². The third kappa shape index (κ3) is 5.21. The van der Waals surface area contributed by atoms with Crippen LogP contribution in [0.15, 0.2) is 0 Å². The summed E-state index contributed by atoms with van der Waals surface area (Å²) in [6.45, 7) is 3.19. The van der Waals surface area contributed by atoms with Crippen molar-refractivity contribution in [3.05, 3.63) is 0 Å². The van der Waals surface area contributed by atoms with E-state index in [0.29, 0.717) is 25.0 Å². The SMILES string of the molecule is C[C@H]1CCC[C@@H]1NC(=O)NCCNC(=O)C1CCCCC1. The number of hydrogen-bond acceptors (Lipinski definition) is 2. The maximum Gasteiger partial charge on any atom is 0.315 e. The fraction of sp³-hybridized carbons (Fsp3) is 0.875. The maximum absolute atomic E-state index is 11.9. The predicted octanol–water partition coefficient (Wildman–Crippen LogP) is 2.17. The zero-order valence-corrected chi connectivity index (χ0v) is 13.1. The van der Waals surface area contributed by atoms with E-state index in [4.69, 9.17) is 0 Å². The van der Waals surface area contributed by atoms with Gasteiger partial charge in [0, 0.05) is 25.0 Å². The van der Waals surface area contributed by atoms with Gasteiger partial charge in [0.15, 0.2) is 0 Å². The van der Waals surface area contributed by atoms with E-state index >= 15 is 0 Å². The van der Waals surface area contributed by atoms with E-state index in [0.717, 1.165) is 32.1 Å². The van der Waals surface area contributed by atoms with Crippen LogP contribution in [-0.4, -0.2) is 31.1 Å². The molecule has 2 rings (SSSR count). The standard InChI is InChI=1S/C16H29N3O2/c1-12-6-5-9-14(12)19-16(21)18-11-10-17-15(20)13-7-3-2-4-8-13/h12-14H,2-11H2,1H3,(H,17,20)(H2,18,19,21)/t12-,14-/m0/s1. The third-order valence-corrected chi connectivity index (χ3v) is 4.86. The third-order valence-electron chi connectivity index (χ3n) is 4.86. The molecule has 3 N–H and O–H groups in total. The Morgan fingerprint density at radius 2 is 1.62 bits per heavy atom. The second kappa shape index (κ2) is 8.25. The first-order valence-corrected chi connectivity index (χ1v) is 8.49. The van der Waals surface area contributed by atoms with Crippen molar-refractivity contribution in [3.8, 4) is 0 Å². The van der Waals surface area contributed by atoms with E-state index < -0.39 is 0 Å². The number of hydrogen-bond donors (Lipinski definition) is 3. The van der Waals surface area contributed by atoms with E-state index in [2.05, 4.69) is 22.9 Å². The summed E-state index contributed by atoms with van der Waals surface area (Å²) in [5.41, 5.74) is 0. The Labute approximate surface area is 127 Å². The van der Waals surface area contributed by atoms with Crippen LogP contribution in [0.4, 0.5) is 4.79 Å². The van der Waals surface area contributed by atoms with Gasteiger partial charge in [-0.05, 0) is 31.6 Å². The lowest BCUT2D eigenvalue weighted by atomic mass is 9.89. The molecule has 2 fully saturated rings. The molecule has 0 aromatic rings. The molecular weight excluding hydrogens is 266 g/mol. The molecule has 2 aliphatic carbocycles. The summed E-state index contributed by atoms with van der Waals surface area (Å²) in [4.78, 5) is 23.7. The molecule has 0 aromatic carbocycles. The molecule has 5 nitrogen and oxygen atoms in total. The highest BCUT2D eigenvalue weighted by Gasteiger charge is 2.24. The number of amides is 3. The molecule has 0 bridgehead atoms. The zero-order chi connectivity index (χ0) is 15.1. The molecule has 2 atom stereocenters. The molecule has 2 aliphatic rings. The van der Waals surface area contributed by atoms with Gasteiger partial charge in [0.25, 0.3) is 0 Å². The zero-order valence-electron chi connectivity index (χ0n) is 13.1. The van der Waals surface area contributed by atoms with Crippen LogP contribution in [0.1, 0.15) is 58.3 Å². The molecule has 0 aromatic heterocycles. The summed E-state index contributed by atoms with van der Waals surface area (Å²) < 4.78 is 0. The average Bonchev–Trinajstić information content (AvgIpc) is 2.89. The monoisotopic (exact) mass is 295 g/mol. The maximum atomic E-state index is 11.9. The first kappa shape index (κ1) is 16.1. The fourth-order valence-electron chi connectivity index (χ4n) is 3.45. The molecule has 0 radical (unpaired) electrons. The van der Waals surface area contributed by atoms with Crippen molar-refractivity contribution in [3.63, 3.8) is 0 Å². The van der Waals surface area contributed by atoms with Crippen LogP contribution in [0.3, 0.4) is 0 Å². The summed E-state index contributed by atoms with van der Waals surface area (Å²) in [6.07, 6.45) is 9.08. The Bertz CT molecular complexity index is 353. The van der Waals surface area contributed by atoms with Crippen molar-refractivity contribution >= 4 is 11.9 Å². The Morgan fingerprint density at radius 3 is 2.29 bits per heavy atom. The summed E-state index contributed by atoms with van der Waals surface area (Å²) >= 11 is 0. The van der Waals surface area contributed by atoms with Gasteiger partial charge in [-0.25, -0.2) is 4.79 Å². The van der Waals surface area contributed by atoms with Crippen molar-refractivity contribution < 1.29 is 9.59 Å². The van der Waals surface area contributed by atoms with Crippen molar-refractivity contribution in [2.24, 2.45) is 11.8 Å². The van der Waals surface area contributed by atoms with Gasteiger partial charge in [-0.15, -0.1) is 0 Å². The minimum Gasteiger partial charge on any atom is -0.354 e. The van der Waals surface area contributed by atoms with Gasteiger partial charge in [0.1, 0.15) is 0 Å². The molecule has 21 heavy (non-hydrogen) atoms. The molecule has 0 spiro atoms. The van der Waals surface area contributed by atoms with Crippen LogP contribution in [0, 0.1) is 11.8 Å². The second-order valence-electron chi connectivity index (χ2n) is 6.54. The van der Waals surface area contributed by atoms with Gasteiger partial charge in [-0.1, -0.05) is 32.6 Å². The summed E-state index contributed by atoms with van der Waals surface area (Å²) in [6, 6.07) is 0.197. The van der Waals surface area contributed by atoms with Crippen LogP contribution in [0.25, 0.3) is 0 Å². The number of nitrogens with one attached hydrogen (secondary N) is 3. The number of rotatable bonds is 5. The summed E-state index contributed by atoms with van der Waals surface area (Å²) in [7, 11) is 0. The largest absolute Gasteiger partial charge is 0.354 e. The quantitative estimate of drug-likeness (QED) is 0.680. The van der Waals surface area contributed by atoms with Crippen LogP contribution in [0.2, 0.25) is 0 Å². The first-order valence-electron chi connectivity index (χ1n) is 8.49. The van der Waals surface area contributed by atoms with Gasteiger partial charge in [-0.3, -0.25) is 4.79 Å². The molecule has 120 valence electrons. The Kier molecular flexibility index (Phi) is 6.33. The van der Waals surface area contributed by atoms with Gasteiger partial charge in [0.05, 0.1) is 0 Å². The minimum atomic E-state index is -0.110. The molecule has 0 aliphatic heterocycles. The fourth-order valence-corrected chi connectivity index (χ4v) is 3.45. The summed E-state index contributed by atoms with van der Waals surface area (Å²) in [5, 5.41) is 8.77. The van der Waals surface area contributed by atoms with Crippen LogP contribution in [0.5, 0.6) is 0 Å². The Hall–Kier alpha value is -1.26. The lowest BCUT2D eigenvalue weighted by molar-refractivity contribution is -0.125. The topological polar surface area (TPSA) is 70.2 Å². The summed E-state index contributed by atoms with van der Waals surface area (Å²) in [5.74, 6) is 0.912. The van der Waals surface area contributed by atoms with E-state index in [9.17, 15) is 9.59 Å². The Balaban J connectivity index is 1.54. The van der Waals surface area contributed by atoms with Gasteiger partial charge in [0.2, 0.25) is 5.91 Å². The van der Waals surface area contributed by atoms with Crippen molar-refractivity contribution in [1.82, 2.24) is 16.0 Å². The van der Waals surface area contributed by atoms with E-state index in [1.165, 1.54) is 19.3 Å². The second-order valence-corrected chi connectivity index (χ2v) is 6.54. The highest BCUT2D eigenvalue weighted by molar-refractivity contribution is 5.78. The molecule has 0 saturated heterocycles. The van der Waals surface area contributed by atoms with E-state index in [-0.39, 0.29) is 17.9 Å². The van der Waals surface area contributed by atoms with Gasteiger partial charge in [-0.2, -0.15) is 0 Å². The molecule has 3 amide bonds. The lowest BCUT2D eigenvalue weighted by Gasteiger charge is -2.21. The lowest BCUT2D eigenvalue weighted by Crippen LogP contribution is -2.45. The highest BCUT2D eigenvalue weighted by Crippen LogP contribution is 2.24. The number of urea groups is 1.